The van der Waals surface area contributed by atoms with Crippen molar-refractivity contribution in [2.75, 3.05) is 13.1 Å². The number of nitrogens with zero attached hydrogens (tertiary/aromatic N) is 1. The predicted octanol–water partition coefficient (Wildman–Crippen LogP) is 1.73. The summed E-state index contributed by atoms with van der Waals surface area (Å²) in [5, 5.41) is 0. The Morgan fingerprint density at radius 2 is 1.87 bits per heavy atom. The number of likely N-dealkylation sites (tertiary alicyclic amines) is 1. The van der Waals surface area contributed by atoms with E-state index in [1.54, 1.807) is 4.90 Å². The largest absolute Gasteiger partial charge is 0.356 e. The number of rotatable bonds is 5. The smallest absolute Gasteiger partial charge is 0.270 e. The second-order valence-corrected chi connectivity index (χ2v) is 7.33. The van der Waals surface area contributed by atoms with E-state index in [9.17, 15) is 13.2 Å². The van der Waals surface area contributed by atoms with Gasteiger partial charge in [0.25, 0.3) is 5.91 Å². The van der Waals surface area contributed by atoms with Crippen molar-refractivity contribution in [3.05, 3.63) is 53.9 Å². The highest BCUT2D eigenvalue weighted by molar-refractivity contribution is 7.89. The molecule has 2 heterocycles. The molecule has 0 unspecified atom stereocenters. The quantitative estimate of drug-likeness (QED) is 0.874. The van der Waals surface area contributed by atoms with Crippen molar-refractivity contribution >= 4 is 15.9 Å². The number of aromatic nitrogens is 1. The van der Waals surface area contributed by atoms with Crippen LogP contribution in [0.3, 0.4) is 0 Å². The predicted molar refractivity (Wildman–Crippen MR) is 86.4 cm³/mol. The lowest BCUT2D eigenvalue weighted by molar-refractivity contribution is 0.0787. The van der Waals surface area contributed by atoms with Gasteiger partial charge in [-0.1, -0.05) is 30.3 Å². The Hall–Kier alpha value is -2.12. The lowest BCUT2D eigenvalue weighted by atomic mass is 10.2. The van der Waals surface area contributed by atoms with E-state index in [0.717, 1.165) is 31.5 Å². The SMILES string of the molecule is O=C(c1cc(S(=O)(=O)NCc2ccccc2)c[nH]1)N1CCCC1. The van der Waals surface area contributed by atoms with E-state index in [1.165, 1.54) is 12.3 Å². The van der Waals surface area contributed by atoms with Gasteiger partial charge < -0.3 is 9.88 Å². The van der Waals surface area contributed by atoms with Crippen molar-refractivity contribution in [2.45, 2.75) is 24.3 Å². The molecule has 6 nitrogen and oxygen atoms in total. The van der Waals surface area contributed by atoms with Crippen molar-refractivity contribution in [1.29, 1.82) is 0 Å². The average molecular weight is 333 g/mol. The Bertz CT molecular complexity index is 778. The first-order valence-electron chi connectivity index (χ1n) is 7.57. The number of sulfonamides is 1. The minimum Gasteiger partial charge on any atom is -0.356 e. The number of hydrogen-bond donors (Lipinski definition) is 2. The molecule has 2 aromatic rings. The molecule has 1 fully saturated rings. The molecule has 122 valence electrons. The molecule has 1 aliphatic heterocycles. The molecule has 1 amide bonds. The Kier molecular flexibility index (Phi) is 4.49. The summed E-state index contributed by atoms with van der Waals surface area (Å²) in [5.41, 5.74) is 1.19. The highest BCUT2D eigenvalue weighted by Gasteiger charge is 2.23. The van der Waals surface area contributed by atoms with E-state index < -0.39 is 10.0 Å². The first-order valence-corrected chi connectivity index (χ1v) is 9.06. The van der Waals surface area contributed by atoms with Gasteiger partial charge in [0.1, 0.15) is 10.6 Å². The van der Waals surface area contributed by atoms with Crippen LogP contribution < -0.4 is 4.72 Å². The van der Waals surface area contributed by atoms with Crippen molar-refractivity contribution < 1.29 is 13.2 Å². The van der Waals surface area contributed by atoms with Crippen molar-refractivity contribution in [3.8, 4) is 0 Å². The fourth-order valence-electron chi connectivity index (χ4n) is 2.60. The third kappa shape index (κ3) is 3.62. The maximum Gasteiger partial charge on any atom is 0.270 e. The molecular weight excluding hydrogens is 314 g/mol. The molecule has 23 heavy (non-hydrogen) atoms. The molecule has 1 aromatic heterocycles. The lowest BCUT2D eigenvalue weighted by Gasteiger charge is -2.13. The highest BCUT2D eigenvalue weighted by atomic mass is 32.2. The number of hydrogen-bond acceptors (Lipinski definition) is 3. The van der Waals surface area contributed by atoms with Crippen LogP contribution >= 0.6 is 0 Å². The van der Waals surface area contributed by atoms with Gasteiger partial charge in [-0.3, -0.25) is 4.79 Å². The van der Waals surface area contributed by atoms with Crippen molar-refractivity contribution in [3.63, 3.8) is 0 Å². The molecule has 7 heteroatoms. The number of amides is 1. The van der Waals surface area contributed by atoms with Crippen molar-refractivity contribution in [1.82, 2.24) is 14.6 Å². The number of benzene rings is 1. The van der Waals surface area contributed by atoms with Gasteiger partial charge >= 0.3 is 0 Å². The van der Waals surface area contributed by atoms with Gasteiger partial charge in [-0.15, -0.1) is 0 Å². The van der Waals surface area contributed by atoms with Gasteiger partial charge in [-0.05, 0) is 24.5 Å². The van der Waals surface area contributed by atoms with Gasteiger partial charge in [0.2, 0.25) is 10.0 Å². The molecule has 1 aliphatic rings. The van der Waals surface area contributed by atoms with Crippen LogP contribution in [0.5, 0.6) is 0 Å². The molecule has 0 bridgehead atoms. The number of carbonyl (C=O) groups excluding carboxylic acids is 1. The average Bonchev–Trinajstić information content (AvgIpc) is 3.25. The molecule has 1 saturated heterocycles. The minimum atomic E-state index is -3.65. The summed E-state index contributed by atoms with van der Waals surface area (Å²) in [4.78, 5) is 16.8. The molecular formula is C16H19N3O3S. The maximum absolute atomic E-state index is 12.3. The minimum absolute atomic E-state index is 0.0796. The molecule has 0 saturated carbocycles. The second kappa shape index (κ2) is 6.55. The molecule has 0 radical (unpaired) electrons. The van der Waals surface area contributed by atoms with E-state index >= 15 is 0 Å². The van der Waals surface area contributed by atoms with E-state index in [-0.39, 0.29) is 17.3 Å². The van der Waals surface area contributed by atoms with Crippen LogP contribution in [0.15, 0.2) is 47.5 Å². The summed E-state index contributed by atoms with van der Waals surface area (Å²) in [7, 11) is -3.65. The molecule has 0 aliphatic carbocycles. The third-order valence-electron chi connectivity index (χ3n) is 3.90. The Morgan fingerprint density at radius 3 is 2.57 bits per heavy atom. The van der Waals surface area contributed by atoms with Crippen molar-refractivity contribution in [2.24, 2.45) is 0 Å². The zero-order valence-electron chi connectivity index (χ0n) is 12.7. The molecule has 3 rings (SSSR count). The Labute approximate surface area is 135 Å². The summed E-state index contributed by atoms with van der Waals surface area (Å²) >= 11 is 0. The van der Waals surface area contributed by atoms with Crippen LogP contribution in [0.25, 0.3) is 0 Å². The summed E-state index contributed by atoms with van der Waals surface area (Å²) in [6.07, 6.45) is 3.35. The third-order valence-corrected chi connectivity index (χ3v) is 5.28. The highest BCUT2D eigenvalue weighted by Crippen LogP contribution is 2.16. The van der Waals surface area contributed by atoms with Crippen LogP contribution in [-0.2, 0) is 16.6 Å². The van der Waals surface area contributed by atoms with Gasteiger partial charge in [0.05, 0.1) is 0 Å². The van der Waals surface area contributed by atoms with Gasteiger partial charge in [0.15, 0.2) is 0 Å². The van der Waals surface area contributed by atoms with Crippen LogP contribution in [0.1, 0.15) is 28.9 Å². The van der Waals surface area contributed by atoms with E-state index in [2.05, 4.69) is 9.71 Å². The molecule has 2 N–H and O–H groups in total. The fourth-order valence-corrected chi connectivity index (χ4v) is 3.61. The van der Waals surface area contributed by atoms with Crippen LogP contribution in [0.2, 0.25) is 0 Å². The van der Waals surface area contributed by atoms with Crippen LogP contribution in [0, 0.1) is 0 Å². The van der Waals surface area contributed by atoms with E-state index in [0.29, 0.717) is 5.69 Å². The summed E-state index contributed by atoms with van der Waals surface area (Å²) in [6.45, 7) is 1.67. The Morgan fingerprint density at radius 1 is 1.17 bits per heavy atom. The van der Waals surface area contributed by atoms with E-state index in [1.807, 2.05) is 30.3 Å². The van der Waals surface area contributed by atoms with E-state index in [4.69, 9.17) is 0 Å². The number of aromatic amines is 1. The first-order chi connectivity index (χ1) is 11.1. The first kappa shape index (κ1) is 15.8. The maximum atomic E-state index is 12.3. The van der Waals surface area contributed by atoms with Crippen LogP contribution in [0.4, 0.5) is 0 Å². The monoisotopic (exact) mass is 333 g/mol. The van der Waals surface area contributed by atoms with Gasteiger partial charge in [0, 0.05) is 25.8 Å². The summed E-state index contributed by atoms with van der Waals surface area (Å²) < 4.78 is 27.2. The molecule has 0 atom stereocenters. The molecule has 0 spiro atoms. The van der Waals surface area contributed by atoms with Crippen LogP contribution in [-0.4, -0.2) is 37.3 Å². The van der Waals surface area contributed by atoms with Gasteiger partial charge in [-0.2, -0.15) is 0 Å². The standard InChI is InChI=1S/C16H19N3O3S/c20-16(19-8-4-5-9-19)15-10-14(12-17-15)23(21,22)18-11-13-6-2-1-3-7-13/h1-3,6-7,10,12,17-18H,4-5,8-9,11H2. The molecule has 1 aromatic carbocycles. The zero-order chi connectivity index (χ0) is 16.3. The number of nitrogens with one attached hydrogen (secondary N) is 2. The number of H-pyrrole nitrogens is 1. The normalized spacial score (nSPS) is 15.0. The lowest BCUT2D eigenvalue weighted by Crippen LogP contribution is -2.27. The van der Waals surface area contributed by atoms with Gasteiger partial charge in [-0.25, -0.2) is 13.1 Å². The topological polar surface area (TPSA) is 82.3 Å². The number of carbonyl (C=O) groups is 1. The second-order valence-electron chi connectivity index (χ2n) is 5.56. The summed E-state index contributed by atoms with van der Waals surface area (Å²) in [5.74, 6) is -0.146. The fraction of sp³-hybridized carbons (Fsp3) is 0.312. The summed E-state index contributed by atoms with van der Waals surface area (Å²) in [6, 6.07) is 10.7. The Balaban J connectivity index is 1.69. The zero-order valence-corrected chi connectivity index (χ0v) is 13.5.